The summed E-state index contributed by atoms with van der Waals surface area (Å²) in [7, 11) is 1.60. The quantitative estimate of drug-likeness (QED) is 0.621. The van der Waals surface area contributed by atoms with Gasteiger partial charge in [0.15, 0.2) is 0 Å². The van der Waals surface area contributed by atoms with Crippen LogP contribution in [0.4, 0.5) is 8.78 Å². The molecular formula is C22H27F2N3O3. The zero-order valence-electron chi connectivity index (χ0n) is 17.4. The van der Waals surface area contributed by atoms with Crippen LogP contribution >= 0.6 is 0 Å². The molecule has 0 heterocycles. The Kier molecular flexibility index (Phi) is 8.73. The molecule has 1 unspecified atom stereocenters. The molecule has 0 aliphatic rings. The van der Waals surface area contributed by atoms with Gasteiger partial charge in [-0.1, -0.05) is 26.0 Å². The fraction of sp³-hybridized carbons (Fsp3) is 0.364. The summed E-state index contributed by atoms with van der Waals surface area (Å²) in [5, 5.41) is 5.16. The van der Waals surface area contributed by atoms with Crippen LogP contribution in [-0.2, 0) is 4.79 Å². The Balaban J connectivity index is 1.98. The largest absolute Gasteiger partial charge is 0.497 e. The van der Waals surface area contributed by atoms with Gasteiger partial charge in [-0.3, -0.25) is 14.5 Å². The first kappa shape index (κ1) is 23.3. The van der Waals surface area contributed by atoms with Crippen LogP contribution in [-0.4, -0.2) is 50.0 Å². The maximum absolute atomic E-state index is 13.7. The van der Waals surface area contributed by atoms with Crippen LogP contribution in [0.15, 0.2) is 42.5 Å². The maximum atomic E-state index is 13.7. The van der Waals surface area contributed by atoms with Gasteiger partial charge in [0.25, 0.3) is 5.91 Å². The van der Waals surface area contributed by atoms with E-state index < -0.39 is 23.4 Å². The van der Waals surface area contributed by atoms with E-state index in [0.717, 1.165) is 36.5 Å². The second kappa shape index (κ2) is 11.3. The van der Waals surface area contributed by atoms with Crippen molar-refractivity contribution in [2.45, 2.75) is 19.9 Å². The Morgan fingerprint density at radius 2 is 1.80 bits per heavy atom. The lowest BCUT2D eigenvalue weighted by atomic mass is 10.0. The zero-order chi connectivity index (χ0) is 22.1. The van der Waals surface area contributed by atoms with Crippen LogP contribution in [0, 0.1) is 11.6 Å². The van der Waals surface area contributed by atoms with Gasteiger partial charge in [-0.25, -0.2) is 8.78 Å². The SMILES string of the molecule is CCN(CC)C(CNC(=O)CNC(=O)c1ccc(F)cc1F)c1cccc(OC)c1. The van der Waals surface area contributed by atoms with E-state index in [4.69, 9.17) is 4.74 Å². The first-order chi connectivity index (χ1) is 14.4. The highest BCUT2D eigenvalue weighted by atomic mass is 19.1. The number of rotatable bonds is 10. The summed E-state index contributed by atoms with van der Waals surface area (Å²) in [6.07, 6.45) is 0. The van der Waals surface area contributed by atoms with Crippen LogP contribution < -0.4 is 15.4 Å². The van der Waals surface area contributed by atoms with E-state index in [1.54, 1.807) is 7.11 Å². The zero-order valence-corrected chi connectivity index (χ0v) is 17.4. The molecule has 0 spiro atoms. The second-order valence-corrected chi connectivity index (χ2v) is 6.62. The van der Waals surface area contributed by atoms with E-state index in [0.29, 0.717) is 12.6 Å². The van der Waals surface area contributed by atoms with Gasteiger partial charge in [-0.05, 0) is 42.9 Å². The molecule has 30 heavy (non-hydrogen) atoms. The van der Waals surface area contributed by atoms with E-state index in [-0.39, 0.29) is 18.2 Å². The topological polar surface area (TPSA) is 70.7 Å². The Morgan fingerprint density at radius 1 is 1.07 bits per heavy atom. The molecule has 0 bridgehead atoms. The molecule has 1 atom stereocenters. The third-order valence-electron chi connectivity index (χ3n) is 4.81. The number of carbonyl (C=O) groups is 2. The van der Waals surface area contributed by atoms with E-state index >= 15 is 0 Å². The van der Waals surface area contributed by atoms with Crippen molar-refractivity contribution in [3.8, 4) is 5.75 Å². The van der Waals surface area contributed by atoms with Crippen molar-refractivity contribution in [1.29, 1.82) is 0 Å². The fourth-order valence-electron chi connectivity index (χ4n) is 3.17. The first-order valence-electron chi connectivity index (χ1n) is 9.77. The third kappa shape index (κ3) is 6.25. The van der Waals surface area contributed by atoms with Crippen LogP contribution in [0.5, 0.6) is 5.75 Å². The number of nitrogens with one attached hydrogen (secondary N) is 2. The summed E-state index contributed by atoms with van der Waals surface area (Å²) in [4.78, 5) is 26.5. The number of benzene rings is 2. The summed E-state index contributed by atoms with van der Waals surface area (Å²) < 4.78 is 31.9. The van der Waals surface area contributed by atoms with Crippen molar-refractivity contribution in [3.05, 3.63) is 65.2 Å². The molecule has 162 valence electrons. The predicted molar refractivity (Wildman–Crippen MR) is 110 cm³/mol. The lowest BCUT2D eigenvalue weighted by molar-refractivity contribution is -0.120. The van der Waals surface area contributed by atoms with Crippen molar-refractivity contribution < 1.29 is 23.1 Å². The van der Waals surface area contributed by atoms with Crippen molar-refractivity contribution >= 4 is 11.8 Å². The number of halogens is 2. The van der Waals surface area contributed by atoms with E-state index in [9.17, 15) is 18.4 Å². The fourth-order valence-corrected chi connectivity index (χ4v) is 3.17. The minimum Gasteiger partial charge on any atom is -0.497 e. The van der Waals surface area contributed by atoms with Crippen molar-refractivity contribution in [2.24, 2.45) is 0 Å². The molecule has 2 aromatic carbocycles. The molecule has 0 fully saturated rings. The minimum absolute atomic E-state index is 0.0794. The number of carbonyl (C=O) groups excluding carboxylic acids is 2. The molecule has 0 aliphatic carbocycles. The molecule has 0 radical (unpaired) electrons. The average Bonchev–Trinajstić information content (AvgIpc) is 2.75. The van der Waals surface area contributed by atoms with E-state index in [1.807, 2.05) is 38.1 Å². The molecule has 0 saturated carbocycles. The van der Waals surface area contributed by atoms with Crippen molar-refractivity contribution in [3.63, 3.8) is 0 Å². The maximum Gasteiger partial charge on any atom is 0.254 e. The predicted octanol–water partition coefficient (Wildman–Crippen LogP) is 2.90. The Labute approximate surface area is 175 Å². The van der Waals surface area contributed by atoms with Gasteiger partial charge in [0.1, 0.15) is 17.4 Å². The number of nitrogens with zero attached hydrogens (tertiary/aromatic N) is 1. The summed E-state index contributed by atoms with van der Waals surface area (Å²) in [6.45, 7) is 5.66. The van der Waals surface area contributed by atoms with Gasteiger partial charge in [0.2, 0.25) is 5.91 Å². The van der Waals surface area contributed by atoms with Gasteiger partial charge >= 0.3 is 0 Å². The van der Waals surface area contributed by atoms with Crippen LogP contribution in [0.2, 0.25) is 0 Å². The number of amides is 2. The highest BCUT2D eigenvalue weighted by molar-refractivity contribution is 5.96. The number of ether oxygens (including phenoxy) is 1. The van der Waals surface area contributed by atoms with Gasteiger partial charge in [0.05, 0.1) is 25.3 Å². The van der Waals surface area contributed by atoms with Crippen LogP contribution in [0.25, 0.3) is 0 Å². The second-order valence-electron chi connectivity index (χ2n) is 6.62. The highest BCUT2D eigenvalue weighted by Gasteiger charge is 2.20. The van der Waals surface area contributed by atoms with Crippen LogP contribution in [0.1, 0.15) is 35.8 Å². The van der Waals surface area contributed by atoms with Gasteiger partial charge in [-0.2, -0.15) is 0 Å². The lowest BCUT2D eigenvalue weighted by Crippen LogP contribution is -2.42. The smallest absolute Gasteiger partial charge is 0.254 e. The van der Waals surface area contributed by atoms with E-state index in [2.05, 4.69) is 15.5 Å². The molecular weight excluding hydrogens is 392 g/mol. The first-order valence-corrected chi connectivity index (χ1v) is 9.77. The minimum atomic E-state index is -0.979. The normalized spacial score (nSPS) is 11.8. The Morgan fingerprint density at radius 3 is 2.43 bits per heavy atom. The molecule has 6 nitrogen and oxygen atoms in total. The van der Waals surface area contributed by atoms with Gasteiger partial charge in [-0.15, -0.1) is 0 Å². The molecule has 0 saturated heterocycles. The molecule has 0 aliphatic heterocycles. The molecule has 8 heteroatoms. The van der Waals surface area contributed by atoms with E-state index in [1.165, 1.54) is 0 Å². The Bertz CT molecular complexity index is 872. The number of hydrogen-bond donors (Lipinski definition) is 2. The van der Waals surface area contributed by atoms with Crippen LogP contribution in [0.3, 0.4) is 0 Å². The van der Waals surface area contributed by atoms with Crippen molar-refractivity contribution in [2.75, 3.05) is 33.3 Å². The summed E-state index contributed by atoms with van der Waals surface area (Å²) in [5.74, 6) is -2.22. The van der Waals surface area contributed by atoms with Gasteiger partial charge in [0, 0.05) is 12.6 Å². The molecule has 0 aromatic heterocycles. The highest BCUT2D eigenvalue weighted by Crippen LogP contribution is 2.23. The Hall–Kier alpha value is -3.00. The average molecular weight is 419 g/mol. The summed E-state index contributed by atoms with van der Waals surface area (Å²) >= 11 is 0. The number of likely N-dealkylation sites (N-methyl/N-ethyl adjacent to an activating group) is 1. The lowest BCUT2D eigenvalue weighted by Gasteiger charge is -2.30. The van der Waals surface area contributed by atoms with Gasteiger partial charge < -0.3 is 15.4 Å². The molecule has 2 N–H and O–H groups in total. The standard InChI is InChI=1S/C22H27F2N3O3/c1-4-27(5-2)20(15-7-6-8-17(11-15)30-3)13-25-21(28)14-26-22(29)18-10-9-16(23)12-19(18)24/h6-12,20H,4-5,13-14H2,1-3H3,(H,25,28)(H,26,29). The summed E-state index contributed by atoms with van der Waals surface area (Å²) in [5.41, 5.74) is 0.678. The number of methoxy groups -OCH3 is 1. The van der Waals surface area contributed by atoms with Crippen molar-refractivity contribution in [1.82, 2.24) is 15.5 Å². The molecule has 2 rings (SSSR count). The number of hydrogen-bond acceptors (Lipinski definition) is 4. The third-order valence-corrected chi connectivity index (χ3v) is 4.81. The summed E-state index contributed by atoms with van der Waals surface area (Å²) in [6, 6.07) is 10.2. The monoisotopic (exact) mass is 419 g/mol. The molecule has 2 amide bonds. The molecule has 2 aromatic rings.